The molecule has 114 valence electrons. The molecule has 0 fully saturated rings. The molecule has 0 aliphatic heterocycles. The van der Waals surface area contributed by atoms with Crippen LogP contribution in [0.25, 0.3) is 11.0 Å². The van der Waals surface area contributed by atoms with Crippen LogP contribution in [-0.4, -0.2) is 33.3 Å². The zero-order valence-corrected chi connectivity index (χ0v) is 12.8. The molecule has 0 saturated carbocycles. The van der Waals surface area contributed by atoms with E-state index in [1.165, 1.54) is 0 Å². The van der Waals surface area contributed by atoms with Crippen molar-refractivity contribution in [1.29, 1.82) is 0 Å². The third kappa shape index (κ3) is 3.42. The minimum Gasteiger partial charge on any atom is -0.478 e. The standard InChI is InChI=1S/C16H22N2O3/c1-4-6-15-17-13-9-12(16(19)20)7-8-14(13)18(15)10-11(3)21-5-2/h7-9,11H,4-6,10H2,1-3H3,(H,19,20). The molecule has 1 N–H and O–H groups in total. The summed E-state index contributed by atoms with van der Waals surface area (Å²) in [7, 11) is 0. The van der Waals surface area contributed by atoms with Crippen LogP contribution in [-0.2, 0) is 17.7 Å². The predicted molar refractivity (Wildman–Crippen MR) is 81.8 cm³/mol. The molecule has 5 heteroatoms. The first-order chi connectivity index (χ1) is 10.1. The van der Waals surface area contributed by atoms with Crippen molar-refractivity contribution in [3.8, 4) is 0 Å². The highest BCUT2D eigenvalue weighted by Crippen LogP contribution is 2.20. The minimum atomic E-state index is -0.925. The van der Waals surface area contributed by atoms with Gasteiger partial charge < -0.3 is 14.4 Å². The summed E-state index contributed by atoms with van der Waals surface area (Å²) < 4.78 is 7.76. The molecule has 2 aromatic rings. The first kappa shape index (κ1) is 15.5. The summed E-state index contributed by atoms with van der Waals surface area (Å²) in [6.45, 7) is 7.54. The van der Waals surface area contributed by atoms with Gasteiger partial charge in [-0.15, -0.1) is 0 Å². The summed E-state index contributed by atoms with van der Waals surface area (Å²) in [4.78, 5) is 15.7. The molecule has 1 aromatic carbocycles. The van der Waals surface area contributed by atoms with Gasteiger partial charge in [0.2, 0.25) is 0 Å². The highest BCUT2D eigenvalue weighted by atomic mass is 16.5. The highest BCUT2D eigenvalue weighted by Gasteiger charge is 2.14. The molecule has 0 aliphatic carbocycles. The molecule has 0 saturated heterocycles. The van der Waals surface area contributed by atoms with Crippen LogP contribution < -0.4 is 0 Å². The SMILES string of the molecule is CCCc1nc2cc(C(=O)O)ccc2n1CC(C)OCC. The Bertz CT molecular complexity index is 634. The molecule has 1 unspecified atom stereocenters. The molecule has 0 bridgehead atoms. The van der Waals surface area contributed by atoms with E-state index < -0.39 is 5.97 Å². The predicted octanol–water partition coefficient (Wildman–Crippen LogP) is 3.11. The van der Waals surface area contributed by atoms with Gasteiger partial charge in [0.1, 0.15) is 5.82 Å². The van der Waals surface area contributed by atoms with Gasteiger partial charge in [-0.3, -0.25) is 0 Å². The van der Waals surface area contributed by atoms with Gasteiger partial charge in [-0.25, -0.2) is 9.78 Å². The number of carboxylic acid groups (broad SMARTS) is 1. The van der Waals surface area contributed by atoms with Gasteiger partial charge in [0.05, 0.1) is 29.2 Å². The molecule has 1 heterocycles. The number of hydrogen-bond acceptors (Lipinski definition) is 3. The number of imidazole rings is 1. The smallest absolute Gasteiger partial charge is 0.335 e. The number of aromatic nitrogens is 2. The number of nitrogens with zero attached hydrogens (tertiary/aromatic N) is 2. The van der Waals surface area contributed by atoms with Crippen molar-refractivity contribution in [2.24, 2.45) is 0 Å². The quantitative estimate of drug-likeness (QED) is 0.851. The highest BCUT2D eigenvalue weighted by molar-refractivity contribution is 5.92. The number of carboxylic acids is 1. The number of rotatable bonds is 7. The van der Waals surface area contributed by atoms with Crippen molar-refractivity contribution in [1.82, 2.24) is 9.55 Å². The Morgan fingerprint density at radius 3 is 2.81 bits per heavy atom. The molecule has 0 amide bonds. The van der Waals surface area contributed by atoms with Crippen molar-refractivity contribution in [3.63, 3.8) is 0 Å². The number of carbonyl (C=O) groups is 1. The fraction of sp³-hybridized carbons (Fsp3) is 0.500. The second-order valence-electron chi connectivity index (χ2n) is 5.16. The summed E-state index contributed by atoms with van der Waals surface area (Å²) >= 11 is 0. The zero-order valence-electron chi connectivity index (χ0n) is 12.8. The summed E-state index contributed by atoms with van der Waals surface area (Å²) in [6, 6.07) is 5.10. The Morgan fingerprint density at radius 1 is 1.43 bits per heavy atom. The maximum Gasteiger partial charge on any atom is 0.335 e. The Balaban J connectivity index is 2.44. The van der Waals surface area contributed by atoms with Crippen LogP contribution in [0.4, 0.5) is 0 Å². The number of benzene rings is 1. The van der Waals surface area contributed by atoms with Gasteiger partial charge >= 0.3 is 5.97 Å². The number of hydrogen-bond donors (Lipinski definition) is 1. The van der Waals surface area contributed by atoms with Gasteiger partial charge in [-0.2, -0.15) is 0 Å². The molecule has 1 atom stereocenters. The lowest BCUT2D eigenvalue weighted by Gasteiger charge is -2.15. The van der Waals surface area contributed by atoms with E-state index in [9.17, 15) is 4.79 Å². The second kappa shape index (κ2) is 6.72. The normalized spacial score (nSPS) is 12.7. The van der Waals surface area contributed by atoms with Crippen molar-refractivity contribution in [2.75, 3.05) is 6.61 Å². The zero-order chi connectivity index (χ0) is 15.4. The van der Waals surface area contributed by atoms with Crippen LogP contribution in [0.5, 0.6) is 0 Å². The largest absolute Gasteiger partial charge is 0.478 e. The lowest BCUT2D eigenvalue weighted by molar-refractivity contribution is 0.0642. The van der Waals surface area contributed by atoms with Crippen LogP contribution in [0.15, 0.2) is 18.2 Å². The van der Waals surface area contributed by atoms with Gasteiger partial charge in [-0.1, -0.05) is 6.92 Å². The molecule has 5 nitrogen and oxygen atoms in total. The number of aromatic carboxylic acids is 1. The maximum atomic E-state index is 11.1. The topological polar surface area (TPSA) is 64.3 Å². The maximum absolute atomic E-state index is 11.1. The molecule has 0 aliphatic rings. The van der Waals surface area contributed by atoms with E-state index in [0.29, 0.717) is 6.61 Å². The van der Waals surface area contributed by atoms with E-state index in [4.69, 9.17) is 9.84 Å². The molecule has 2 rings (SSSR count). The van der Waals surface area contributed by atoms with E-state index in [-0.39, 0.29) is 11.7 Å². The van der Waals surface area contributed by atoms with Gasteiger partial charge in [0.15, 0.2) is 0 Å². The fourth-order valence-corrected chi connectivity index (χ4v) is 2.53. The van der Waals surface area contributed by atoms with Crippen LogP contribution in [0, 0.1) is 0 Å². The van der Waals surface area contributed by atoms with Crippen LogP contribution in [0.2, 0.25) is 0 Å². The molecule has 0 spiro atoms. The number of fused-ring (bicyclic) bond motifs is 1. The molecular formula is C16H22N2O3. The van der Waals surface area contributed by atoms with Crippen molar-refractivity contribution >= 4 is 17.0 Å². The summed E-state index contributed by atoms with van der Waals surface area (Å²) in [5.41, 5.74) is 1.98. The number of aryl methyl sites for hydroxylation is 1. The van der Waals surface area contributed by atoms with Crippen molar-refractivity contribution in [3.05, 3.63) is 29.6 Å². The monoisotopic (exact) mass is 290 g/mol. The second-order valence-corrected chi connectivity index (χ2v) is 5.16. The lowest BCUT2D eigenvalue weighted by Crippen LogP contribution is -2.18. The van der Waals surface area contributed by atoms with E-state index in [1.807, 2.05) is 19.9 Å². The first-order valence-electron chi connectivity index (χ1n) is 7.40. The summed E-state index contributed by atoms with van der Waals surface area (Å²) in [5, 5.41) is 9.08. The van der Waals surface area contributed by atoms with E-state index in [2.05, 4.69) is 16.5 Å². The van der Waals surface area contributed by atoms with Gasteiger partial charge in [0, 0.05) is 13.0 Å². The van der Waals surface area contributed by atoms with E-state index in [1.54, 1.807) is 12.1 Å². The van der Waals surface area contributed by atoms with E-state index in [0.717, 1.165) is 36.2 Å². The Kier molecular flexibility index (Phi) is 4.96. The molecular weight excluding hydrogens is 268 g/mol. The third-order valence-electron chi connectivity index (χ3n) is 3.44. The summed E-state index contributed by atoms with van der Waals surface area (Å²) in [5.74, 6) is 0.0627. The van der Waals surface area contributed by atoms with Crippen molar-refractivity contribution in [2.45, 2.75) is 46.3 Å². The average molecular weight is 290 g/mol. The van der Waals surface area contributed by atoms with Crippen LogP contribution >= 0.6 is 0 Å². The molecule has 1 aromatic heterocycles. The van der Waals surface area contributed by atoms with Crippen LogP contribution in [0.1, 0.15) is 43.4 Å². The first-order valence-corrected chi connectivity index (χ1v) is 7.40. The lowest BCUT2D eigenvalue weighted by atomic mass is 10.2. The Morgan fingerprint density at radius 2 is 2.19 bits per heavy atom. The van der Waals surface area contributed by atoms with Gasteiger partial charge in [0.25, 0.3) is 0 Å². The third-order valence-corrected chi connectivity index (χ3v) is 3.44. The van der Waals surface area contributed by atoms with Crippen LogP contribution in [0.3, 0.4) is 0 Å². The Labute approximate surface area is 124 Å². The van der Waals surface area contributed by atoms with Gasteiger partial charge in [-0.05, 0) is 38.5 Å². The minimum absolute atomic E-state index is 0.0992. The molecule has 0 radical (unpaired) electrons. The summed E-state index contributed by atoms with van der Waals surface area (Å²) in [6.07, 6.45) is 1.97. The average Bonchev–Trinajstić information content (AvgIpc) is 2.76. The van der Waals surface area contributed by atoms with Crippen molar-refractivity contribution < 1.29 is 14.6 Å². The number of ether oxygens (including phenoxy) is 1. The fourth-order valence-electron chi connectivity index (χ4n) is 2.53. The van der Waals surface area contributed by atoms with E-state index >= 15 is 0 Å². The Hall–Kier alpha value is -1.88. The molecule has 21 heavy (non-hydrogen) atoms.